The van der Waals surface area contributed by atoms with E-state index in [0.717, 1.165) is 5.92 Å². The average Bonchev–Trinajstić information content (AvgIpc) is 2.50. The van der Waals surface area contributed by atoms with Crippen LogP contribution in [0.5, 0.6) is 0 Å². The summed E-state index contributed by atoms with van der Waals surface area (Å²) in [7, 11) is 0. The maximum atomic E-state index is 2.43. The lowest BCUT2D eigenvalue weighted by Gasteiger charge is -2.04. The first kappa shape index (κ1) is 21.7. The van der Waals surface area contributed by atoms with Crippen LogP contribution in [0, 0.1) is 5.92 Å². The molecule has 0 heterocycles. The van der Waals surface area contributed by atoms with Crippen LogP contribution in [0.3, 0.4) is 0 Å². The molecular formula is C22H44. The van der Waals surface area contributed by atoms with Crippen molar-refractivity contribution >= 4 is 0 Å². The lowest BCUT2D eigenvalue weighted by atomic mass is 10.0. The van der Waals surface area contributed by atoms with E-state index in [1.165, 1.54) is 103 Å². The summed E-state index contributed by atoms with van der Waals surface area (Å²) in [5.41, 5.74) is 0. The highest BCUT2D eigenvalue weighted by molar-refractivity contribution is 4.81. The molecule has 0 spiro atoms. The molecule has 0 saturated carbocycles. The summed E-state index contributed by atoms with van der Waals surface area (Å²) in [6.45, 7) is 6.95. The zero-order valence-corrected chi connectivity index (χ0v) is 16.0. The van der Waals surface area contributed by atoms with Crippen molar-refractivity contribution in [1.82, 2.24) is 0 Å². The van der Waals surface area contributed by atoms with E-state index in [2.05, 4.69) is 32.9 Å². The van der Waals surface area contributed by atoms with Crippen LogP contribution in [0.2, 0.25) is 0 Å². The largest absolute Gasteiger partial charge is 0.0885 e. The minimum atomic E-state index is 0.892. The van der Waals surface area contributed by atoms with Crippen LogP contribution in [0.25, 0.3) is 0 Å². The van der Waals surface area contributed by atoms with Crippen LogP contribution >= 0.6 is 0 Å². The summed E-state index contributed by atoms with van der Waals surface area (Å²) in [5, 5.41) is 0. The molecule has 0 aromatic heterocycles. The summed E-state index contributed by atoms with van der Waals surface area (Å²) < 4.78 is 0. The van der Waals surface area contributed by atoms with E-state index in [0.29, 0.717) is 0 Å². The van der Waals surface area contributed by atoms with Gasteiger partial charge < -0.3 is 0 Å². The Morgan fingerprint density at radius 3 is 1.41 bits per heavy atom. The molecule has 0 heteroatoms. The molecule has 22 heavy (non-hydrogen) atoms. The van der Waals surface area contributed by atoms with Crippen molar-refractivity contribution in [2.24, 2.45) is 5.92 Å². The summed E-state index contributed by atoms with van der Waals surface area (Å²) in [6.07, 6.45) is 27.5. The minimum Gasteiger partial charge on any atom is -0.0885 e. The maximum absolute atomic E-state index is 2.43. The molecule has 0 nitrogen and oxygen atoms in total. The van der Waals surface area contributed by atoms with Crippen molar-refractivity contribution in [3.8, 4) is 0 Å². The maximum Gasteiger partial charge on any atom is -0.0351 e. The van der Waals surface area contributed by atoms with Gasteiger partial charge in [-0.2, -0.15) is 0 Å². The van der Waals surface area contributed by atoms with Gasteiger partial charge in [0, 0.05) is 0 Å². The van der Waals surface area contributed by atoms with Crippen LogP contribution < -0.4 is 0 Å². The monoisotopic (exact) mass is 308 g/mol. The number of unbranched alkanes of at least 4 members (excludes halogenated alkanes) is 13. The summed E-state index contributed by atoms with van der Waals surface area (Å²) in [4.78, 5) is 0. The Balaban J connectivity index is 3.05. The standard InChI is InChI=1S/C22H44/c1-4-5-6-7-8-9-10-11-12-13-14-15-16-17-18-19-20-21-22(2)3/h11-12,22H,4-10,13-21H2,1-3H3/b12-11+. The van der Waals surface area contributed by atoms with Crippen molar-refractivity contribution in [3.63, 3.8) is 0 Å². The van der Waals surface area contributed by atoms with Crippen molar-refractivity contribution in [1.29, 1.82) is 0 Å². The third-order valence-corrected chi connectivity index (χ3v) is 4.54. The van der Waals surface area contributed by atoms with Gasteiger partial charge in [0.25, 0.3) is 0 Å². The van der Waals surface area contributed by atoms with Gasteiger partial charge in [0.2, 0.25) is 0 Å². The molecule has 0 N–H and O–H groups in total. The summed E-state index contributed by atoms with van der Waals surface area (Å²) in [5.74, 6) is 0.892. The van der Waals surface area contributed by atoms with Crippen molar-refractivity contribution in [2.75, 3.05) is 0 Å². The molecule has 0 rings (SSSR count). The SMILES string of the molecule is CCCCCCCC/C=C/CCCCCCCCCC(C)C. The van der Waals surface area contributed by atoms with Gasteiger partial charge in [-0.1, -0.05) is 110 Å². The van der Waals surface area contributed by atoms with E-state index in [-0.39, 0.29) is 0 Å². The Morgan fingerprint density at radius 1 is 0.545 bits per heavy atom. The van der Waals surface area contributed by atoms with Crippen LogP contribution in [0.15, 0.2) is 12.2 Å². The first-order chi connectivity index (χ1) is 10.8. The highest BCUT2D eigenvalue weighted by atomic mass is 14.0. The molecule has 0 aliphatic carbocycles. The first-order valence-corrected chi connectivity index (χ1v) is 10.4. The van der Waals surface area contributed by atoms with E-state index in [4.69, 9.17) is 0 Å². The molecule has 0 bridgehead atoms. The Labute approximate surface area is 142 Å². The highest BCUT2D eigenvalue weighted by Gasteiger charge is 1.94. The molecule has 0 radical (unpaired) electrons. The Hall–Kier alpha value is -0.260. The molecule has 132 valence electrons. The molecule has 0 aromatic rings. The zero-order chi connectivity index (χ0) is 16.3. The van der Waals surface area contributed by atoms with Gasteiger partial charge in [-0.25, -0.2) is 0 Å². The average molecular weight is 309 g/mol. The van der Waals surface area contributed by atoms with E-state index in [9.17, 15) is 0 Å². The Kier molecular flexibility index (Phi) is 18.6. The number of hydrogen-bond acceptors (Lipinski definition) is 0. The first-order valence-electron chi connectivity index (χ1n) is 10.4. The topological polar surface area (TPSA) is 0 Å². The lowest BCUT2D eigenvalue weighted by Crippen LogP contribution is -1.87. The summed E-state index contributed by atoms with van der Waals surface area (Å²) >= 11 is 0. The van der Waals surface area contributed by atoms with Crippen LogP contribution in [-0.2, 0) is 0 Å². The van der Waals surface area contributed by atoms with E-state index >= 15 is 0 Å². The summed E-state index contributed by atoms with van der Waals surface area (Å²) in [6, 6.07) is 0. The molecule has 0 atom stereocenters. The molecule has 0 aromatic carbocycles. The third-order valence-electron chi connectivity index (χ3n) is 4.54. The molecule has 0 unspecified atom stereocenters. The van der Waals surface area contributed by atoms with Crippen molar-refractivity contribution < 1.29 is 0 Å². The van der Waals surface area contributed by atoms with Gasteiger partial charge in [-0.3, -0.25) is 0 Å². The van der Waals surface area contributed by atoms with Gasteiger partial charge in [-0.05, 0) is 31.6 Å². The Bertz CT molecular complexity index is 214. The Morgan fingerprint density at radius 2 is 0.955 bits per heavy atom. The molecule has 0 aliphatic heterocycles. The molecule has 0 amide bonds. The van der Waals surface area contributed by atoms with E-state index in [1.807, 2.05) is 0 Å². The molecule has 0 fully saturated rings. The van der Waals surface area contributed by atoms with Crippen molar-refractivity contribution in [3.05, 3.63) is 12.2 Å². The molecule has 0 saturated heterocycles. The van der Waals surface area contributed by atoms with Crippen LogP contribution in [0.1, 0.15) is 124 Å². The van der Waals surface area contributed by atoms with Crippen LogP contribution in [0.4, 0.5) is 0 Å². The van der Waals surface area contributed by atoms with Gasteiger partial charge in [0.15, 0.2) is 0 Å². The van der Waals surface area contributed by atoms with E-state index < -0.39 is 0 Å². The van der Waals surface area contributed by atoms with Gasteiger partial charge in [0.1, 0.15) is 0 Å². The fourth-order valence-electron chi connectivity index (χ4n) is 2.98. The number of hydrogen-bond donors (Lipinski definition) is 0. The van der Waals surface area contributed by atoms with E-state index in [1.54, 1.807) is 0 Å². The van der Waals surface area contributed by atoms with Gasteiger partial charge in [0.05, 0.1) is 0 Å². The zero-order valence-electron chi connectivity index (χ0n) is 16.0. The predicted octanol–water partition coefficient (Wildman–Crippen LogP) is 8.46. The fourth-order valence-corrected chi connectivity index (χ4v) is 2.98. The minimum absolute atomic E-state index is 0.892. The smallest absolute Gasteiger partial charge is 0.0351 e. The van der Waals surface area contributed by atoms with Gasteiger partial charge >= 0.3 is 0 Å². The van der Waals surface area contributed by atoms with Crippen LogP contribution in [-0.4, -0.2) is 0 Å². The predicted molar refractivity (Wildman–Crippen MR) is 104 cm³/mol. The highest BCUT2D eigenvalue weighted by Crippen LogP contribution is 2.13. The second kappa shape index (κ2) is 18.8. The number of allylic oxidation sites excluding steroid dienone is 2. The molecular weight excluding hydrogens is 264 g/mol. The normalized spacial score (nSPS) is 11.8. The second-order valence-corrected chi connectivity index (χ2v) is 7.47. The molecule has 0 aliphatic rings. The fraction of sp³-hybridized carbons (Fsp3) is 0.909. The third kappa shape index (κ3) is 19.7. The van der Waals surface area contributed by atoms with Gasteiger partial charge in [-0.15, -0.1) is 0 Å². The van der Waals surface area contributed by atoms with Crippen molar-refractivity contribution in [2.45, 2.75) is 124 Å². The lowest BCUT2D eigenvalue weighted by molar-refractivity contribution is 0.509. The second-order valence-electron chi connectivity index (χ2n) is 7.47. The quantitative estimate of drug-likeness (QED) is 0.187. The number of rotatable bonds is 17.